The number of benzene rings is 1. The van der Waals surface area contributed by atoms with Gasteiger partial charge >= 0.3 is 5.97 Å². The first-order valence-electron chi connectivity index (χ1n) is 5.61. The molecule has 4 heteroatoms. The molecule has 1 rings (SSSR count). The number of para-hydroxylation sites is 1. The van der Waals surface area contributed by atoms with Crippen molar-refractivity contribution >= 4 is 11.7 Å². The van der Waals surface area contributed by atoms with E-state index < -0.39 is 5.97 Å². The normalized spacial score (nSPS) is 9.44. The maximum Gasteiger partial charge on any atom is 0.338 e. The molecule has 0 unspecified atom stereocenters. The summed E-state index contributed by atoms with van der Waals surface area (Å²) in [7, 11) is 3.64. The Hall–Kier alpha value is -2.28. The molecule has 0 bridgehead atoms. The highest BCUT2D eigenvalue weighted by Crippen LogP contribution is 2.31. The molecule has 0 aromatic heterocycles. The van der Waals surface area contributed by atoms with Crippen molar-refractivity contribution in [2.24, 2.45) is 0 Å². The van der Waals surface area contributed by atoms with Crippen LogP contribution in [0, 0.1) is 11.3 Å². The average Bonchev–Trinajstić information content (AvgIpc) is 2.37. The number of nitriles is 1. The topological polar surface area (TPSA) is 53.3 Å². The summed E-state index contributed by atoms with van der Waals surface area (Å²) in [6.07, 6.45) is 0.519. The molecule has 0 aliphatic rings. The molecule has 0 aliphatic carbocycles. The summed E-state index contributed by atoms with van der Waals surface area (Å²) in [6, 6.07) is 7.17. The molecule has 94 valence electrons. The molecule has 18 heavy (non-hydrogen) atoms. The van der Waals surface area contributed by atoms with Gasteiger partial charge in [-0.05, 0) is 18.6 Å². The predicted octanol–water partition coefficient (Wildman–Crippen LogP) is 2.50. The highest BCUT2D eigenvalue weighted by molar-refractivity contribution is 5.90. The highest BCUT2D eigenvalue weighted by Gasteiger charge is 2.16. The number of carbonyl (C=O) groups is 1. The van der Waals surface area contributed by atoms with Crippen molar-refractivity contribution in [3.8, 4) is 11.8 Å². The van der Waals surface area contributed by atoms with Crippen LogP contribution >= 0.6 is 0 Å². The first-order valence-corrected chi connectivity index (χ1v) is 5.61. The van der Waals surface area contributed by atoms with Gasteiger partial charge in [-0.3, -0.25) is 0 Å². The van der Waals surface area contributed by atoms with E-state index in [0.29, 0.717) is 23.2 Å². The second-order valence-electron chi connectivity index (χ2n) is 4.01. The number of hydrogen-bond acceptors (Lipinski definition) is 4. The Morgan fingerprint density at radius 2 is 2.17 bits per heavy atom. The molecular weight excluding hydrogens is 228 g/mol. The van der Waals surface area contributed by atoms with Gasteiger partial charge in [-0.15, -0.1) is 0 Å². The van der Waals surface area contributed by atoms with Crippen molar-refractivity contribution in [2.75, 3.05) is 19.0 Å². The van der Waals surface area contributed by atoms with Gasteiger partial charge in [-0.2, -0.15) is 5.26 Å². The van der Waals surface area contributed by atoms with E-state index in [0.717, 1.165) is 0 Å². The van der Waals surface area contributed by atoms with E-state index in [2.05, 4.69) is 6.58 Å². The molecule has 0 heterocycles. The molecule has 0 fully saturated rings. The Balaban J connectivity index is 3.18. The third-order valence-corrected chi connectivity index (χ3v) is 2.51. The van der Waals surface area contributed by atoms with Gasteiger partial charge in [0, 0.05) is 19.7 Å². The molecule has 0 amide bonds. The van der Waals surface area contributed by atoms with Gasteiger partial charge in [0.1, 0.15) is 6.07 Å². The van der Waals surface area contributed by atoms with E-state index in [1.165, 1.54) is 0 Å². The Morgan fingerprint density at radius 3 is 2.67 bits per heavy atom. The van der Waals surface area contributed by atoms with Crippen LogP contribution in [0.5, 0.6) is 5.75 Å². The van der Waals surface area contributed by atoms with E-state index in [9.17, 15) is 4.79 Å². The van der Waals surface area contributed by atoms with E-state index in [4.69, 9.17) is 10.00 Å². The first kappa shape index (κ1) is 13.8. The van der Waals surface area contributed by atoms with E-state index in [1.807, 2.05) is 27.1 Å². The molecule has 0 atom stereocenters. The van der Waals surface area contributed by atoms with Gasteiger partial charge in [0.2, 0.25) is 0 Å². The molecular formula is C14H16N2O2. The van der Waals surface area contributed by atoms with Crippen LogP contribution in [-0.4, -0.2) is 20.1 Å². The SMILES string of the molecule is C=C(CC)C(=O)Oc1c(C#N)cccc1N(C)C. The zero-order valence-electron chi connectivity index (χ0n) is 10.9. The van der Waals surface area contributed by atoms with Crippen molar-refractivity contribution in [3.05, 3.63) is 35.9 Å². The maximum atomic E-state index is 11.7. The summed E-state index contributed by atoms with van der Waals surface area (Å²) < 4.78 is 5.28. The number of carbonyl (C=O) groups excluding carboxylic acids is 1. The number of esters is 1. The fraction of sp³-hybridized carbons (Fsp3) is 0.286. The lowest BCUT2D eigenvalue weighted by molar-refractivity contribution is -0.130. The van der Waals surface area contributed by atoms with Gasteiger partial charge < -0.3 is 9.64 Å². The second-order valence-corrected chi connectivity index (χ2v) is 4.01. The lowest BCUT2D eigenvalue weighted by atomic mass is 10.1. The summed E-state index contributed by atoms with van der Waals surface area (Å²) in [5, 5.41) is 9.05. The average molecular weight is 244 g/mol. The van der Waals surface area contributed by atoms with Crippen molar-refractivity contribution in [2.45, 2.75) is 13.3 Å². The highest BCUT2D eigenvalue weighted by atomic mass is 16.5. The van der Waals surface area contributed by atoms with Gasteiger partial charge in [-0.1, -0.05) is 19.6 Å². The van der Waals surface area contributed by atoms with Gasteiger partial charge in [-0.25, -0.2) is 4.79 Å². The van der Waals surface area contributed by atoms with Crippen LogP contribution in [0.1, 0.15) is 18.9 Å². The summed E-state index contributed by atoms with van der Waals surface area (Å²) in [6.45, 7) is 5.45. The van der Waals surface area contributed by atoms with Crippen molar-refractivity contribution in [1.29, 1.82) is 5.26 Å². The van der Waals surface area contributed by atoms with Crippen molar-refractivity contribution in [1.82, 2.24) is 0 Å². The summed E-state index contributed by atoms with van der Waals surface area (Å²) in [5.74, 6) is -0.215. The van der Waals surface area contributed by atoms with Crippen molar-refractivity contribution < 1.29 is 9.53 Å². The fourth-order valence-corrected chi connectivity index (χ4v) is 1.38. The van der Waals surface area contributed by atoms with Crippen molar-refractivity contribution in [3.63, 3.8) is 0 Å². The minimum Gasteiger partial charge on any atom is -0.420 e. The molecule has 1 aromatic rings. The lowest BCUT2D eigenvalue weighted by Crippen LogP contribution is -2.16. The second kappa shape index (κ2) is 5.87. The van der Waals surface area contributed by atoms with Gasteiger partial charge in [0.05, 0.1) is 11.3 Å². The molecule has 0 aliphatic heterocycles. The predicted molar refractivity (Wildman–Crippen MR) is 70.6 cm³/mol. The zero-order chi connectivity index (χ0) is 13.7. The molecule has 0 saturated heterocycles. The Morgan fingerprint density at radius 1 is 1.50 bits per heavy atom. The number of ether oxygens (including phenoxy) is 1. The van der Waals surface area contributed by atoms with Crippen LogP contribution < -0.4 is 9.64 Å². The molecule has 1 aromatic carbocycles. The molecule has 0 N–H and O–H groups in total. The minimum atomic E-state index is -0.497. The Bertz CT molecular complexity index is 513. The maximum absolute atomic E-state index is 11.7. The standard InChI is InChI=1S/C14H16N2O2/c1-5-10(2)14(17)18-13-11(9-15)7-6-8-12(13)16(3)4/h6-8H,2,5H2,1,3-4H3. The quantitative estimate of drug-likeness (QED) is 0.464. The Labute approximate surface area is 107 Å². The third kappa shape index (κ3) is 2.89. The zero-order valence-corrected chi connectivity index (χ0v) is 10.9. The van der Waals surface area contributed by atoms with E-state index >= 15 is 0 Å². The first-order chi connectivity index (χ1) is 8.51. The van der Waals surface area contributed by atoms with Crippen LogP contribution in [0.15, 0.2) is 30.4 Å². The van der Waals surface area contributed by atoms with Crippen LogP contribution in [0.2, 0.25) is 0 Å². The fourth-order valence-electron chi connectivity index (χ4n) is 1.38. The summed E-state index contributed by atoms with van der Waals surface area (Å²) in [5.41, 5.74) is 1.40. The lowest BCUT2D eigenvalue weighted by Gasteiger charge is -2.18. The molecule has 0 radical (unpaired) electrons. The van der Waals surface area contributed by atoms with Crippen LogP contribution in [0.4, 0.5) is 5.69 Å². The smallest absolute Gasteiger partial charge is 0.338 e. The molecule has 0 saturated carbocycles. The summed E-state index contributed by atoms with van der Waals surface area (Å²) in [4.78, 5) is 13.5. The van der Waals surface area contributed by atoms with E-state index in [1.54, 1.807) is 23.1 Å². The van der Waals surface area contributed by atoms with Gasteiger partial charge in [0.25, 0.3) is 0 Å². The minimum absolute atomic E-state index is 0.282. The summed E-state index contributed by atoms with van der Waals surface area (Å²) >= 11 is 0. The number of anilines is 1. The van der Waals surface area contributed by atoms with E-state index in [-0.39, 0.29) is 5.75 Å². The van der Waals surface area contributed by atoms with Crippen LogP contribution in [0.3, 0.4) is 0 Å². The van der Waals surface area contributed by atoms with Crippen LogP contribution in [0.25, 0.3) is 0 Å². The molecule has 0 spiro atoms. The largest absolute Gasteiger partial charge is 0.420 e. The number of rotatable bonds is 4. The van der Waals surface area contributed by atoms with Crippen LogP contribution in [-0.2, 0) is 4.79 Å². The number of nitrogens with zero attached hydrogens (tertiary/aromatic N) is 2. The Kier molecular flexibility index (Phi) is 4.50. The molecule has 4 nitrogen and oxygen atoms in total. The number of hydrogen-bond donors (Lipinski definition) is 0. The third-order valence-electron chi connectivity index (χ3n) is 2.51. The monoisotopic (exact) mass is 244 g/mol. The van der Waals surface area contributed by atoms with Gasteiger partial charge in [0.15, 0.2) is 5.75 Å².